The number of rotatable bonds is 7. The summed E-state index contributed by atoms with van der Waals surface area (Å²) < 4.78 is 12.0. The summed E-state index contributed by atoms with van der Waals surface area (Å²) in [6, 6.07) is 6.99. The van der Waals surface area contributed by atoms with E-state index < -0.39 is 11.5 Å². The van der Waals surface area contributed by atoms with Gasteiger partial charge in [-0.2, -0.15) is 10.4 Å². The molecule has 1 aromatic heterocycles. The van der Waals surface area contributed by atoms with Gasteiger partial charge in [-0.25, -0.2) is 4.68 Å². The van der Waals surface area contributed by atoms with Crippen LogP contribution in [0.25, 0.3) is 0 Å². The Balaban J connectivity index is 2.28. The molecule has 0 radical (unpaired) electrons. The van der Waals surface area contributed by atoms with Gasteiger partial charge < -0.3 is 14.8 Å². The van der Waals surface area contributed by atoms with Crippen LogP contribution in [0.3, 0.4) is 0 Å². The second-order valence-corrected chi connectivity index (χ2v) is 5.73. The van der Waals surface area contributed by atoms with Gasteiger partial charge in [-0.05, 0) is 45.4 Å². The van der Waals surface area contributed by atoms with E-state index in [1.807, 2.05) is 19.9 Å². The molecule has 0 bridgehead atoms. The lowest BCUT2D eigenvalue weighted by Crippen LogP contribution is -2.32. The minimum atomic E-state index is -0.594. The highest BCUT2D eigenvalue weighted by molar-refractivity contribution is 5.92. The summed E-state index contributed by atoms with van der Waals surface area (Å²) in [5.41, 5.74) is 0.868. The third kappa shape index (κ3) is 4.64. The van der Waals surface area contributed by atoms with Gasteiger partial charge in [0.05, 0.1) is 24.6 Å². The topological polar surface area (TPSA) is 106 Å². The van der Waals surface area contributed by atoms with Crippen LogP contribution in [0.2, 0.25) is 0 Å². The second-order valence-electron chi connectivity index (χ2n) is 5.73. The number of benzene rings is 1. The van der Waals surface area contributed by atoms with Crippen LogP contribution in [0.15, 0.2) is 23.0 Å². The van der Waals surface area contributed by atoms with Crippen molar-refractivity contribution in [3.8, 4) is 17.6 Å². The lowest BCUT2D eigenvalue weighted by molar-refractivity contribution is -0.117. The monoisotopic (exact) mass is 370 g/mol. The highest BCUT2D eigenvalue weighted by Crippen LogP contribution is 2.29. The fraction of sp³-hybridized carbons (Fsp3) is 0.368. The Kier molecular flexibility index (Phi) is 6.55. The number of carbonyl (C=O) groups is 1. The molecule has 27 heavy (non-hydrogen) atoms. The summed E-state index contributed by atoms with van der Waals surface area (Å²) in [5, 5.41) is 16.0. The molecule has 0 unspecified atom stereocenters. The number of amides is 1. The highest BCUT2D eigenvalue weighted by atomic mass is 16.5. The van der Waals surface area contributed by atoms with Crippen LogP contribution in [-0.4, -0.2) is 28.9 Å². The van der Waals surface area contributed by atoms with Crippen molar-refractivity contribution in [3.63, 3.8) is 0 Å². The molecule has 1 heterocycles. The smallest absolute Gasteiger partial charge is 0.285 e. The van der Waals surface area contributed by atoms with E-state index in [0.717, 1.165) is 4.68 Å². The zero-order chi connectivity index (χ0) is 20.0. The average molecular weight is 370 g/mol. The summed E-state index contributed by atoms with van der Waals surface area (Å²) in [6.45, 7) is 7.63. The van der Waals surface area contributed by atoms with E-state index in [9.17, 15) is 14.9 Å². The van der Waals surface area contributed by atoms with E-state index in [0.29, 0.717) is 41.7 Å². The molecular formula is C19H22N4O4. The number of anilines is 1. The predicted molar refractivity (Wildman–Crippen MR) is 100 cm³/mol. The Morgan fingerprint density at radius 1 is 1.26 bits per heavy atom. The fourth-order valence-corrected chi connectivity index (χ4v) is 2.48. The van der Waals surface area contributed by atoms with Crippen molar-refractivity contribution in [2.75, 3.05) is 18.5 Å². The minimum Gasteiger partial charge on any atom is -0.494 e. The van der Waals surface area contributed by atoms with Crippen molar-refractivity contribution < 1.29 is 14.3 Å². The quantitative estimate of drug-likeness (QED) is 0.800. The zero-order valence-corrected chi connectivity index (χ0v) is 15.8. The van der Waals surface area contributed by atoms with Crippen molar-refractivity contribution in [2.24, 2.45) is 0 Å². The standard InChI is InChI=1S/C19H22N4O4/c1-5-26-14-7-8-17(27-6-2)16(9-14)21-18(24)11-23-19(25)15(10-20)12(3)13(4)22-23/h7-9H,5-6,11H2,1-4H3,(H,21,24). The molecule has 2 rings (SSSR count). The highest BCUT2D eigenvalue weighted by Gasteiger charge is 2.15. The lowest BCUT2D eigenvalue weighted by atomic mass is 10.1. The molecule has 0 aliphatic rings. The summed E-state index contributed by atoms with van der Waals surface area (Å²) in [6.07, 6.45) is 0. The van der Waals surface area contributed by atoms with Crippen LogP contribution in [0, 0.1) is 25.2 Å². The molecule has 1 aromatic carbocycles. The molecule has 0 spiro atoms. The normalized spacial score (nSPS) is 10.2. The van der Waals surface area contributed by atoms with Crippen LogP contribution in [0.5, 0.6) is 11.5 Å². The Hall–Kier alpha value is -3.34. The molecule has 0 saturated carbocycles. The summed E-state index contributed by atoms with van der Waals surface area (Å²) in [5.74, 6) is 0.614. The maximum atomic E-state index is 12.5. The van der Waals surface area contributed by atoms with Gasteiger partial charge in [0.1, 0.15) is 29.7 Å². The number of carbonyl (C=O) groups excluding carboxylic acids is 1. The zero-order valence-electron chi connectivity index (χ0n) is 15.8. The van der Waals surface area contributed by atoms with E-state index in [1.54, 1.807) is 32.0 Å². The SMILES string of the molecule is CCOc1ccc(OCC)c(NC(=O)Cn2nc(C)c(C)c(C#N)c2=O)c1. The number of hydrogen-bond acceptors (Lipinski definition) is 6. The first-order chi connectivity index (χ1) is 12.9. The van der Waals surface area contributed by atoms with Gasteiger partial charge in [0.2, 0.25) is 5.91 Å². The average Bonchev–Trinajstić information content (AvgIpc) is 2.63. The Bertz CT molecular complexity index is 944. The molecule has 0 aliphatic heterocycles. The Labute approximate surface area is 157 Å². The maximum Gasteiger partial charge on any atom is 0.285 e. The first-order valence-corrected chi connectivity index (χ1v) is 8.59. The summed E-state index contributed by atoms with van der Waals surface area (Å²) in [7, 11) is 0. The lowest BCUT2D eigenvalue weighted by Gasteiger charge is -2.14. The number of hydrogen-bond donors (Lipinski definition) is 1. The van der Waals surface area contributed by atoms with Crippen LogP contribution in [0.4, 0.5) is 5.69 Å². The predicted octanol–water partition coefficient (Wildman–Crippen LogP) is 2.17. The molecule has 2 aromatic rings. The van der Waals surface area contributed by atoms with E-state index in [-0.39, 0.29) is 12.1 Å². The van der Waals surface area contributed by atoms with Crippen LogP contribution in [-0.2, 0) is 11.3 Å². The Morgan fingerprint density at radius 2 is 1.96 bits per heavy atom. The number of aromatic nitrogens is 2. The molecular weight excluding hydrogens is 348 g/mol. The largest absolute Gasteiger partial charge is 0.494 e. The molecule has 0 saturated heterocycles. The van der Waals surface area contributed by atoms with Crippen LogP contribution in [0.1, 0.15) is 30.7 Å². The van der Waals surface area contributed by atoms with Gasteiger partial charge in [-0.15, -0.1) is 0 Å². The number of aryl methyl sites for hydroxylation is 1. The molecule has 142 valence electrons. The molecule has 8 nitrogen and oxygen atoms in total. The molecule has 0 atom stereocenters. The molecule has 8 heteroatoms. The molecule has 1 N–H and O–H groups in total. The van der Waals surface area contributed by atoms with Crippen molar-refractivity contribution in [3.05, 3.63) is 45.4 Å². The minimum absolute atomic E-state index is 0.0105. The third-order valence-electron chi connectivity index (χ3n) is 3.88. The van der Waals surface area contributed by atoms with Gasteiger partial charge in [0, 0.05) is 6.07 Å². The van der Waals surface area contributed by atoms with E-state index in [4.69, 9.17) is 9.47 Å². The molecule has 1 amide bonds. The maximum absolute atomic E-state index is 12.5. The van der Waals surface area contributed by atoms with Gasteiger partial charge in [-0.3, -0.25) is 9.59 Å². The third-order valence-corrected chi connectivity index (χ3v) is 3.88. The number of nitriles is 1. The first-order valence-electron chi connectivity index (χ1n) is 8.59. The number of nitrogens with zero attached hydrogens (tertiary/aromatic N) is 3. The van der Waals surface area contributed by atoms with Crippen molar-refractivity contribution in [1.82, 2.24) is 9.78 Å². The van der Waals surface area contributed by atoms with E-state index in [1.165, 1.54) is 0 Å². The van der Waals surface area contributed by atoms with Crippen molar-refractivity contribution >= 4 is 11.6 Å². The van der Waals surface area contributed by atoms with Gasteiger partial charge >= 0.3 is 0 Å². The first kappa shape index (κ1) is 20.0. The van der Waals surface area contributed by atoms with E-state index >= 15 is 0 Å². The van der Waals surface area contributed by atoms with Crippen molar-refractivity contribution in [1.29, 1.82) is 5.26 Å². The van der Waals surface area contributed by atoms with Gasteiger partial charge in [0.25, 0.3) is 5.56 Å². The van der Waals surface area contributed by atoms with Crippen LogP contribution >= 0.6 is 0 Å². The fourth-order valence-electron chi connectivity index (χ4n) is 2.48. The summed E-state index contributed by atoms with van der Waals surface area (Å²) >= 11 is 0. The van der Waals surface area contributed by atoms with Gasteiger partial charge in [0.15, 0.2) is 0 Å². The second kappa shape index (κ2) is 8.85. The molecule has 0 aliphatic carbocycles. The van der Waals surface area contributed by atoms with Crippen molar-refractivity contribution in [2.45, 2.75) is 34.2 Å². The van der Waals surface area contributed by atoms with Gasteiger partial charge in [-0.1, -0.05) is 0 Å². The van der Waals surface area contributed by atoms with E-state index in [2.05, 4.69) is 10.4 Å². The number of ether oxygens (including phenoxy) is 2. The Morgan fingerprint density at radius 3 is 2.59 bits per heavy atom. The molecule has 0 fully saturated rings. The summed E-state index contributed by atoms with van der Waals surface area (Å²) in [4.78, 5) is 24.8. The van der Waals surface area contributed by atoms with Crippen LogP contribution < -0.4 is 20.3 Å². The number of nitrogens with one attached hydrogen (secondary N) is 1.